The van der Waals surface area contributed by atoms with Crippen LogP contribution >= 0.6 is 0 Å². The molecular weight excluding hydrogens is 757 g/mol. The van der Waals surface area contributed by atoms with Crippen molar-refractivity contribution in [2.24, 2.45) is 0 Å². The van der Waals surface area contributed by atoms with Crippen LogP contribution in [0.2, 0.25) is 0 Å². The van der Waals surface area contributed by atoms with Gasteiger partial charge in [-0.2, -0.15) is 0 Å². The van der Waals surface area contributed by atoms with Crippen molar-refractivity contribution in [3.8, 4) is 0 Å². The van der Waals surface area contributed by atoms with Crippen LogP contribution in [0.3, 0.4) is 0 Å². The predicted octanol–water partition coefficient (Wildman–Crippen LogP) is 15.7. The summed E-state index contributed by atoms with van der Waals surface area (Å²) in [4.78, 5) is 37.9. The van der Waals surface area contributed by atoms with Crippen molar-refractivity contribution >= 4 is 17.9 Å². The Morgan fingerprint density at radius 3 is 1.11 bits per heavy atom. The SMILES string of the molecule is CC\C=C/C=C\C=C/C=C\C=C\C=C/CCCCCC(=O)OCC(COC(=O)CCCCCCC/C=C\C/C=C\CC)OC(=O)CCCCCCCCC/C=C\C/C=C\CC. The van der Waals surface area contributed by atoms with Crippen molar-refractivity contribution in [1.82, 2.24) is 0 Å². The lowest BCUT2D eigenvalue weighted by molar-refractivity contribution is -0.167. The summed E-state index contributed by atoms with van der Waals surface area (Å²) in [5, 5.41) is 0. The van der Waals surface area contributed by atoms with E-state index in [1.54, 1.807) is 0 Å². The maximum absolute atomic E-state index is 12.8. The normalized spacial score (nSPS) is 13.2. The number of unbranched alkanes of at least 4 members (excludes halogenated alkanes) is 15. The Bertz CT molecular complexity index is 1340. The van der Waals surface area contributed by atoms with Crippen LogP contribution in [-0.4, -0.2) is 37.2 Å². The van der Waals surface area contributed by atoms with E-state index in [-0.39, 0.29) is 31.1 Å². The molecule has 1 atom stereocenters. The van der Waals surface area contributed by atoms with Crippen LogP contribution in [0.15, 0.2) is 122 Å². The smallest absolute Gasteiger partial charge is 0.306 e. The fourth-order valence-corrected chi connectivity index (χ4v) is 6.08. The Morgan fingerprint density at radius 2 is 0.672 bits per heavy atom. The highest BCUT2D eigenvalue weighted by molar-refractivity contribution is 5.71. The minimum Gasteiger partial charge on any atom is -0.462 e. The molecule has 0 N–H and O–H groups in total. The Morgan fingerprint density at radius 1 is 0.344 bits per heavy atom. The molecule has 342 valence electrons. The van der Waals surface area contributed by atoms with Gasteiger partial charge in [0.25, 0.3) is 0 Å². The zero-order valence-corrected chi connectivity index (χ0v) is 38.9. The predicted molar refractivity (Wildman–Crippen MR) is 260 cm³/mol. The van der Waals surface area contributed by atoms with E-state index in [0.717, 1.165) is 122 Å². The van der Waals surface area contributed by atoms with Crippen LogP contribution in [0.4, 0.5) is 0 Å². The van der Waals surface area contributed by atoms with Gasteiger partial charge in [-0.25, -0.2) is 0 Å². The van der Waals surface area contributed by atoms with E-state index in [1.807, 2.05) is 60.8 Å². The summed E-state index contributed by atoms with van der Waals surface area (Å²) in [5.41, 5.74) is 0. The Balaban J connectivity index is 4.53. The maximum atomic E-state index is 12.8. The average Bonchev–Trinajstić information content (AvgIpc) is 3.26. The van der Waals surface area contributed by atoms with Crippen LogP contribution in [0.1, 0.15) is 188 Å². The van der Waals surface area contributed by atoms with Gasteiger partial charge in [-0.05, 0) is 89.9 Å². The molecule has 0 radical (unpaired) electrons. The second-order valence-corrected chi connectivity index (χ2v) is 15.4. The third-order valence-corrected chi connectivity index (χ3v) is 9.60. The molecule has 0 spiro atoms. The quantitative estimate of drug-likeness (QED) is 0.0201. The first-order chi connectivity index (χ1) is 30.0. The number of esters is 3. The van der Waals surface area contributed by atoms with Gasteiger partial charge in [0.05, 0.1) is 0 Å². The van der Waals surface area contributed by atoms with Gasteiger partial charge in [0.15, 0.2) is 6.10 Å². The van der Waals surface area contributed by atoms with Crippen LogP contribution in [-0.2, 0) is 28.6 Å². The van der Waals surface area contributed by atoms with Gasteiger partial charge in [-0.3, -0.25) is 14.4 Å². The van der Waals surface area contributed by atoms with Gasteiger partial charge in [0.1, 0.15) is 13.2 Å². The first kappa shape index (κ1) is 56.8. The lowest BCUT2D eigenvalue weighted by Crippen LogP contribution is -2.30. The van der Waals surface area contributed by atoms with E-state index < -0.39 is 6.10 Å². The summed E-state index contributed by atoms with van der Waals surface area (Å²) in [6.07, 6.45) is 66.0. The highest BCUT2D eigenvalue weighted by Gasteiger charge is 2.19. The molecule has 0 aromatic heterocycles. The number of ether oxygens (including phenoxy) is 3. The molecule has 0 aliphatic rings. The standard InChI is InChI=1S/C55H86O6/c1-4-7-10-13-16-19-22-25-27-28-29-31-33-36-39-42-45-48-54(57)60-51-52(50-59-53(56)47-44-41-38-35-32-24-21-18-15-12-9-6-3)61-55(58)49-46-43-40-37-34-30-26-23-20-17-14-11-8-5-2/h7-13,16-22,25,27-29,31,33,52H,4-6,14-15,23-24,26,30,32,34-51H2,1-3H3/b10-7-,11-8-,12-9-,16-13-,20-17-,21-18-,22-19-,27-25-,29-28+,33-31-. The molecule has 0 saturated carbocycles. The molecule has 0 fully saturated rings. The molecular formula is C55H86O6. The highest BCUT2D eigenvalue weighted by Crippen LogP contribution is 2.13. The number of rotatable bonds is 41. The van der Waals surface area contributed by atoms with E-state index in [4.69, 9.17) is 14.2 Å². The van der Waals surface area contributed by atoms with Gasteiger partial charge in [0.2, 0.25) is 0 Å². The third-order valence-electron chi connectivity index (χ3n) is 9.60. The molecule has 0 rings (SSSR count). The molecule has 0 aromatic carbocycles. The minimum absolute atomic E-state index is 0.107. The number of carbonyl (C=O) groups excluding carboxylic acids is 3. The van der Waals surface area contributed by atoms with Crippen LogP contribution in [0.5, 0.6) is 0 Å². The summed E-state index contributed by atoms with van der Waals surface area (Å²) in [6.45, 7) is 6.19. The van der Waals surface area contributed by atoms with E-state index >= 15 is 0 Å². The Hall–Kier alpha value is -4.19. The van der Waals surface area contributed by atoms with Crippen LogP contribution < -0.4 is 0 Å². The zero-order chi connectivity index (χ0) is 44.4. The molecule has 61 heavy (non-hydrogen) atoms. The molecule has 0 aliphatic carbocycles. The average molecular weight is 843 g/mol. The highest BCUT2D eigenvalue weighted by atomic mass is 16.6. The molecule has 0 bridgehead atoms. The second kappa shape index (κ2) is 48.5. The van der Waals surface area contributed by atoms with Crippen molar-refractivity contribution in [2.45, 2.75) is 194 Å². The number of allylic oxidation sites excluding steroid dienone is 20. The number of carbonyl (C=O) groups is 3. The summed E-state index contributed by atoms with van der Waals surface area (Å²) >= 11 is 0. The van der Waals surface area contributed by atoms with Crippen LogP contribution in [0.25, 0.3) is 0 Å². The van der Waals surface area contributed by atoms with Gasteiger partial charge in [0, 0.05) is 19.3 Å². The van der Waals surface area contributed by atoms with Gasteiger partial charge in [-0.15, -0.1) is 0 Å². The van der Waals surface area contributed by atoms with Crippen molar-refractivity contribution in [2.75, 3.05) is 13.2 Å². The summed E-state index contributed by atoms with van der Waals surface area (Å²) in [7, 11) is 0. The third kappa shape index (κ3) is 46.7. The monoisotopic (exact) mass is 843 g/mol. The molecule has 0 amide bonds. The summed E-state index contributed by atoms with van der Waals surface area (Å²) < 4.78 is 16.7. The van der Waals surface area contributed by atoms with E-state index in [2.05, 4.69) is 81.5 Å². The fourth-order valence-electron chi connectivity index (χ4n) is 6.08. The molecule has 0 heterocycles. The van der Waals surface area contributed by atoms with E-state index in [0.29, 0.717) is 19.3 Å². The summed E-state index contributed by atoms with van der Waals surface area (Å²) in [5.74, 6) is -0.985. The fraction of sp³-hybridized carbons (Fsp3) is 0.582. The van der Waals surface area contributed by atoms with Crippen molar-refractivity contribution in [3.05, 3.63) is 122 Å². The van der Waals surface area contributed by atoms with E-state index in [9.17, 15) is 14.4 Å². The number of hydrogen-bond donors (Lipinski definition) is 0. The first-order valence-electron chi connectivity index (χ1n) is 24.1. The lowest BCUT2D eigenvalue weighted by atomic mass is 10.1. The van der Waals surface area contributed by atoms with Crippen molar-refractivity contribution in [1.29, 1.82) is 0 Å². The van der Waals surface area contributed by atoms with Crippen molar-refractivity contribution in [3.63, 3.8) is 0 Å². The molecule has 1 unspecified atom stereocenters. The molecule has 0 aliphatic heterocycles. The summed E-state index contributed by atoms with van der Waals surface area (Å²) in [6, 6.07) is 0. The Kier molecular flexibility index (Phi) is 45.1. The maximum Gasteiger partial charge on any atom is 0.306 e. The van der Waals surface area contributed by atoms with Crippen molar-refractivity contribution < 1.29 is 28.6 Å². The zero-order valence-electron chi connectivity index (χ0n) is 38.9. The van der Waals surface area contributed by atoms with E-state index in [1.165, 1.54) is 25.7 Å². The molecule has 6 nitrogen and oxygen atoms in total. The van der Waals surface area contributed by atoms with Gasteiger partial charge in [-0.1, -0.05) is 200 Å². The topological polar surface area (TPSA) is 78.9 Å². The van der Waals surface area contributed by atoms with Crippen LogP contribution in [0, 0.1) is 0 Å². The van der Waals surface area contributed by atoms with Gasteiger partial charge < -0.3 is 14.2 Å². The molecule has 0 saturated heterocycles. The largest absolute Gasteiger partial charge is 0.462 e. The number of hydrogen-bond acceptors (Lipinski definition) is 6. The molecule has 0 aromatic rings. The second-order valence-electron chi connectivity index (χ2n) is 15.4. The minimum atomic E-state index is -0.809. The van der Waals surface area contributed by atoms with Gasteiger partial charge >= 0.3 is 17.9 Å². The lowest BCUT2D eigenvalue weighted by Gasteiger charge is -2.18. The molecule has 6 heteroatoms. The Labute approximate surface area is 373 Å². The first-order valence-corrected chi connectivity index (χ1v) is 24.1.